The fraction of sp³-hybridized carbons (Fsp3) is 0.250. The smallest absolute Gasteiger partial charge is 0.257 e. The van der Waals surface area contributed by atoms with Gasteiger partial charge in [0, 0.05) is 24.6 Å². The predicted octanol–water partition coefficient (Wildman–Crippen LogP) is 5.42. The third-order valence-electron chi connectivity index (χ3n) is 4.75. The third-order valence-corrected chi connectivity index (χ3v) is 4.75. The molecule has 1 heterocycles. The van der Waals surface area contributed by atoms with Crippen LogP contribution in [0, 0.1) is 6.92 Å². The van der Waals surface area contributed by atoms with Crippen LogP contribution >= 0.6 is 0 Å². The number of aryl methyl sites for hydroxylation is 1. The predicted molar refractivity (Wildman–Crippen MR) is 116 cm³/mol. The molecule has 28 heavy (non-hydrogen) atoms. The van der Waals surface area contributed by atoms with Crippen LogP contribution in [0.3, 0.4) is 0 Å². The van der Waals surface area contributed by atoms with Crippen molar-refractivity contribution in [1.29, 1.82) is 0 Å². The van der Waals surface area contributed by atoms with Gasteiger partial charge in [-0.1, -0.05) is 62.4 Å². The minimum Gasteiger partial charge on any atom is -0.383 e. The Bertz CT molecular complexity index is 936. The Hall–Kier alpha value is -3.14. The number of pyridine rings is 1. The Morgan fingerprint density at radius 1 is 1.04 bits per heavy atom. The van der Waals surface area contributed by atoms with Crippen LogP contribution in [0.15, 0.2) is 67.0 Å². The second kappa shape index (κ2) is 9.18. The summed E-state index contributed by atoms with van der Waals surface area (Å²) in [5.41, 5.74) is 5.76. The molecule has 3 aromatic rings. The molecular formula is C24H27N3O. The lowest BCUT2D eigenvalue weighted by Gasteiger charge is -2.16. The number of carbonyl (C=O) groups excluding carboxylic acids is 1. The van der Waals surface area contributed by atoms with Gasteiger partial charge in [0.2, 0.25) is 0 Å². The highest BCUT2D eigenvalue weighted by Crippen LogP contribution is 2.28. The van der Waals surface area contributed by atoms with E-state index in [-0.39, 0.29) is 5.91 Å². The van der Waals surface area contributed by atoms with E-state index in [4.69, 9.17) is 0 Å². The normalized spacial score (nSPS) is 10.7. The Morgan fingerprint density at radius 2 is 1.82 bits per heavy atom. The number of nitrogens with zero attached hydrogens (tertiary/aromatic N) is 1. The summed E-state index contributed by atoms with van der Waals surface area (Å²) in [6.45, 7) is 7.06. The van der Waals surface area contributed by atoms with Gasteiger partial charge in [-0.3, -0.25) is 9.78 Å². The summed E-state index contributed by atoms with van der Waals surface area (Å²) < 4.78 is 0. The second-order valence-electron chi connectivity index (χ2n) is 7.27. The zero-order valence-electron chi connectivity index (χ0n) is 16.7. The molecule has 1 aromatic heterocycles. The maximum absolute atomic E-state index is 12.8. The van der Waals surface area contributed by atoms with Crippen molar-refractivity contribution in [3.8, 4) is 0 Å². The second-order valence-corrected chi connectivity index (χ2v) is 7.27. The van der Waals surface area contributed by atoms with Gasteiger partial charge in [0.1, 0.15) is 0 Å². The van der Waals surface area contributed by atoms with E-state index in [9.17, 15) is 4.79 Å². The summed E-state index contributed by atoms with van der Waals surface area (Å²) in [5.74, 6) is 0.190. The van der Waals surface area contributed by atoms with Crippen molar-refractivity contribution in [2.75, 3.05) is 17.2 Å². The summed E-state index contributed by atoms with van der Waals surface area (Å²) in [7, 11) is 0. The summed E-state index contributed by atoms with van der Waals surface area (Å²) in [4.78, 5) is 17.0. The molecule has 0 aliphatic rings. The van der Waals surface area contributed by atoms with Gasteiger partial charge < -0.3 is 10.6 Å². The number of hydrogen-bond acceptors (Lipinski definition) is 3. The van der Waals surface area contributed by atoms with Crippen LogP contribution in [0.2, 0.25) is 0 Å². The summed E-state index contributed by atoms with van der Waals surface area (Å²) in [6.07, 6.45) is 4.26. The standard InChI is InChI=1S/C24H27N3O/c1-17(2)22-11-7-8-18(3)23(22)27-24(28)20-14-21(16-25-15-20)26-13-12-19-9-5-4-6-10-19/h4-11,14-17,26H,12-13H2,1-3H3,(H,27,28). The molecule has 4 heteroatoms. The van der Waals surface area contributed by atoms with E-state index in [1.165, 1.54) is 5.56 Å². The highest BCUT2D eigenvalue weighted by molar-refractivity contribution is 6.05. The van der Waals surface area contributed by atoms with Crippen LogP contribution in [0.25, 0.3) is 0 Å². The summed E-state index contributed by atoms with van der Waals surface area (Å²) in [6, 6.07) is 18.3. The van der Waals surface area contributed by atoms with Gasteiger partial charge in [0.25, 0.3) is 5.91 Å². The topological polar surface area (TPSA) is 54.0 Å². The monoisotopic (exact) mass is 373 g/mol. The first-order chi connectivity index (χ1) is 13.5. The molecule has 2 N–H and O–H groups in total. The fourth-order valence-corrected chi connectivity index (χ4v) is 3.18. The maximum atomic E-state index is 12.8. The molecular weight excluding hydrogens is 346 g/mol. The Kier molecular flexibility index (Phi) is 6.43. The average Bonchev–Trinajstić information content (AvgIpc) is 2.70. The summed E-state index contributed by atoms with van der Waals surface area (Å²) >= 11 is 0. The van der Waals surface area contributed by atoms with Gasteiger partial charge in [0.05, 0.1) is 11.3 Å². The first-order valence-electron chi connectivity index (χ1n) is 9.68. The minimum absolute atomic E-state index is 0.143. The molecule has 4 nitrogen and oxygen atoms in total. The van der Waals surface area contributed by atoms with E-state index in [0.717, 1.165) is 35.5 Å². The molecule has 2 aromatic carbocycles. The molecule has 3 rings (SSSR count). The number of nitrogens with one attached hydrogen (secondary N) is 2. The number of hydrogen-bond donors (Lipinski definition) is 2. The number of carbonyl (C=O) groups is 1. The van der Waals surface area contributed by atoms with E-state index in [1.807, 2.05) is 43.3 Å². The average molecular weight is 374 g/mol. The van der Waals surface area contributed by atoms with E-state index in [0.29, 0.717) is 11.5 Å². The van der Waals surface area contributed by atoms with E-state index in [2.05, 4.69) is 47.7 Å². The number of rotatable bonds is 7. The Morgan fingerprint density at radius 3 is 2.57 bits per heavy atom. The minimum atomic E-state index is -0.143. The number of benzene rings is 2. The fourth-order valence-electron chi connectivity index (χ4n) is 3.18. The highest BCUT2D eigenvalue weighted by Gasteiger charge is 2.14. The van der Waals surface area contributed by atoms with Crippen molar-refractivity contribution in [3.05, 3.63) is 89.2 Å². The molecule has 0 unspecified atom stereocenters. The van der Waals surface area contributed by atoms with Crippen LogP contribution in [0.4, 0.5) is 11.4 Å². The number of para-hydroxylation sites is 1. The highest BCUT2D eigenvalue weighted by atomic mass is 16.1. The van der Waals surface area contributed by atoms with Crippen molar-refractivity contribution in [2.24, 2.45) is 0 Å². The van der Waals surface area contributed by atoms with Gasteiger partial charge in [-0.05, 0) is 42.0 Å². The first kappa shape index (κ1) is 19.6. The van der Waals surface area contributed by atoms with Gasteiger partial charge in [-0.25, -0.2) is 0 Å². The van der Waals surface area contributed by atoms with Crippen LogP contribution in [0.1, 0.15) is 46.8 Å². The molecule has 1 amide bonds. The third kappa shape index (κ3) is 4.97. The zero-order chi connectivity index (χ0) is 19.9. The van der Waals surface area contributed by atoms with Crippen molar-refractivity contribution < 1.29 is 4.79 Å². The molecule has 0 saturated heterocycles. The number of anilines is 2. The van der Waals surface area contributed by atoms with Crippen molar-refractivity contribution >= 4 is 17.3 Å². The molecule has 144 valence electrons. The zero-order valence-corrected chi connectivity index (χ0v) is 16.7. The Labute approximate surface area is 167 Å². The molecule has 0 spiro atoms. The molecule has 0 fully saturated rings. The number of amides is 1. The van der Waals surface area contributed by atoms with Gasteiger partial charge in [0.15, 0.2) is 0 Å². The SMILES string of the molecule is Cc1cccc(C(C)C)c1NC(=O)c1cncc(NCCc2ccccc2)c1. The molecule has 0 aliphatic carbocycles. The van der Waals surface area contributed by atoms with Crippen LogP contribution in [-0.4, -0.2) is 17.4 Å². The molecule has 0 atom stereocenters. The van der Waals surface area contributed by atoms with Gasteiger partial charge >= 0.3 is 0 Å². The molecule has 0 radical (unpaired) electrons. The van der Waals surface area contributed by atoms with Crippen LogP contribution in [0.5, 0.6) is 0 Å². The Balaban J connectivity index is 1.67. The lowest BCUT2D eigenvalue weighted by molar-refractivity contribution is 0.102. The van der Waals surface area contributed by atoms with E-state index < -0.39 is 0 Å². The largest absolute Gasteiger partial charge is 0.383 e. The van der Waals surface area contributed by atoms with Crippen molar-refractivity contribution in [3.63, 3.8) is 0 Å². The first-order valence-corrected chi connectivity index (χ1v) is 9.68. The number of aromatic nitrogens is 1. The van der Waals surface area contributed by atoms with Gasteiger partial charge in [-0.15, -0.1) is 0 Å². The quantitative estimate of drug-likeness (QED) is 0.581. The van der Waals surface area contributed by atoms with Crippen molar-refractivity contribution in [2.45, 2.75) is 33.1 Å². The summed E-state index contributed by atoms with van der Waals surface area (Å²) in [5, 5.41) is 6.43. The van der Waals surface area contributed by atoms with Crippen molar-refractivity contribution in [1.82, 2.24) is 4.98 Å². The van der Waals surface area contributed by atoms with E-state index in [1.54, 1.807) is 12.4 Å². The lowest BCUT2D eigenvalue weighted by Crippen LogP contribution is -2.15. The van der Waals surface area contributed by atoms with E-state index >= 15 is 0 Å². The molecule has 0 aliphatic heterocycles. The van der Waals surface area contributed by atoms with Crippen LogP contribution < -0.4 is 10.6 Å². The molecule has 0 bridgehead atoms. The van der Waals surface area contributed by atoms with Gasteiger partial charge in [-0.2, -0.15) is 0 Å². The molecule has 0 saturated carbocycles. The maximum Gasteiger partial charge on any atom is 0.257 e. The lowest BCUT2D eigenvalue weighted by atomic mass is 9.98. The van der Waals surface area contributed by atoms with Crippen LogP contribution in [-0.2, 0) is 6.42 Å².